The molecule has 35 heavy (non-hydrogen) atoms. The number of nitrogens with zero attached hydrogens (tertiary/aromatic N) is 4. The molecule has 2 fully saturated rings. The number of nitrogens with one attached hydrogen (secondary N) is 1. The predicted molar refractivity (Wildman–Crippen MR) is 123 cm³/mol. The first-order chi connectivity index (χ1) is 16.7. The minimum absolute atomic E-state index is 0.0511. The van der Waals surface area contributed by atoms with E-state index in [0.29, 0.717) is 41.3 Å². The van der Waals surface area contributed by atoms with Gasteiger partial charge in [-0.1, -0.05) is 12.1 Å². The summed E-state index contributed by atoms with van der Waals surface area (Å²) < 4.78 is 54.0. The number of methoxy groups -OCH3 is 1. The Morgan fingerprint density at radius 1 is 1.29 bits per heavy atom. The average molecular weight is 489 g/mol. The summed E-state index contributed by atoms with van der Waals surface area (Å²) in [6, 6.07) is 5.28. The molecule has 0 spiro atoms. The molecular formula is C24H26F3N5O3. The second kappa shape index (κ2) is 8.80. The number of pyridine rings is 1. The molecule has 2 bridgehead atoms. The molecule has 2 N–H and O–H groups in total. The molecule has 3 aromatic rings. The molecule has 2 aromatic heterocycles. The number of fused-ring (bicyclic) bond motifs is 3. The highest BCUT2D eigenvalue weighted by molar-refractivity contribution is 5.94. The van der Waals surface area contributed by atoms with Crippen molar-refractivity contribution in [1.82, 2.24) is 15.2 Å². The number of ether oxygens (including phenoxy) is 2. The summed E-state index contributed by atoms with van der Waals surface area (Å²) >= 11 is 0. The van der Waals surface area contributed by atoms with Crippen LogP contribution in [0.3, 0.4) is 0 Å². The zero-order chi connectivity index (χ0) is 24.9. The van der Waals surface area contributed by atoms with E-state index in [2.05, 4.69) is 30.1 Å². The van der Waals surface area contributed by atoms with E-state index in [1.807, 2.05) is 0 Å². The molecule has 2 aliphatic rings. The van der Waals surface area contributed by atoms with Crippen LogP contribution in [-0.4, -0.2) is 59.3 Å². The van der Waals surface area contributed by atoms with Gasteiger partial charge < -0.3 is 24.8 Å². The number of alkyl halides is 2. The van der Waals surface area contributed by atoms with Crippen LogP contribution < -0.4 is 10.2 Å². The Morgan fingerprint density at radius 3 is 2.71 bits per heavy atom. The zero-order valence-corrected chi connectivity index (χ0v) is 19.6. The van der Waals surface area contributed by atoms with Crippen molar-refractivity contribution in [2.75, 3.05) is 37.1 Å². The molecule has 3 atom stereocenters. The molecular weight excluding hydrogens is 463 g/mol. The van der Waals surface area contributed by atoms with Gasteiger partial charge in [0.1, 0.15) is 23.6 Å². The van der Waals surface area contributed by atoms with Gasteiger partial charge in [-0.2, -0.15) is 13.9 Å². The number of hydrogen-bond acceptors (Lipinski definition) is 8. The van der Waals surface area contributed by atoms with Crippen molar-refractivity contribution in [2.45, 2.75) is 44.3 Å². The van der Waals surface area contributed by atoms with E-state index in [1.54, 1.807) is 19.9 Å². The van der Waals surface area contributed by atoms with Gasteiger partial charge in [0.2, 0.25) is 5.88 Å². The van der Waals surface area contributed by atoms with E-state index < -0.39 is 30.0 Å². The number of aromatic nitrogens is 3. The number of anilines is 2. The predicted octanol–water partition coefficient (Wildman–Crippen LogP) is 4.07. The molecule has 2 saturated heterocycles. The monoisotopic (exact) mass is 489 g/mol. The molecule has 0 radical (unpaired) electrons. The van der Waals surface area contributed by atoms with Gasteiger partial charge in [0.05, 0.1) is 42.6 Å². The maximum absolute atomic E-state index is 15.2. The number of rotatable bonds is 7. The fourth-order valence-electron chi connectivity index (χ4n) is 4.91. The molecule has 0 aliphatic carbocycles. The number of benzene rings is 1. The van der Waals surface area contributed by atoms with E-state index in [0.717, 1.165) is 19.6 Å². The van der Waals surface area contributed by atoms with Crippen molar-refractivity contribution in [2.24, 2.45) is 0 Å². The van der Waals surface area contributed by atoms with Gasteiger partial charge in [0, 0.05) is 18.1 Å². The van der Waals surface area contributed by atoms with Crippen LogP contribution in [0.5, 0.6) is 5.88 Å². The van der Waals surface area contributed by atoms with Crippen molar-refractivity contribution in [3.05, 3.63) is 46.9 Å². The Morgan fingerprint density at radius 2 is 2.03 bits per heavy atom. The summed E-state index contributed by atoms with van der Waals surface area (Å²) in [6.07, 6.45) is 0.983. The van der Waals surface area contributed by atoms with Crippen LogP contribution in [0.15, 0.2) is 24.3 Å². The molecule has 5 rings (SSSR count). The normalized spacial score (nSPS) is 20.6. The molecule has 4 heterocycles. The fourth-order valence-corrected chi connectivity index (χ4v) is 4.91. The van der Waals surface area contributed by atoms with Gasteiger partial charge in [-0.25, -0.2) is 9.37 Å². The van der Waals surface area contributed by atoms with Crippen molar-refractivity contribution in [3.63, 3.8) is 0 Å². The van der Waals surface area contributed by atoms with E-state index in [1.165, 1.54) is 12.1 Å². The van der Waals surface area contributed by atoms with Crippen molar-refractivity contribution >= 4 is 22.4 Å². The maximum atomic E-state index is 15.2. The summed E-state index contributed by atoms with van der Waals surface area (Å²) in [5.41, 5.74) is 0.844. The smallest absolute Gasteiger partial charge is 0.298 e. The molecule has 2 aliphatic heterocycles. The van der Waals surface area contributed by atoms with Crippen molar-refractivity contribution < 1.29 is 27.8 Å². The number of hydrogen-bond donors (Lipinski definition) is 2. The second-order valence-corrected chi connectivity index (χ2v) is 9.06. The minimum atomic E-state index is -3.47. The molecule has 0 saturated carbocycles. The highest BCUT2D eigenvalue weighted by Gasteiger charge is 2.44. The Hall–Kier alpha value is -3.18. The summed E-state index contributed by atoms with van der Waals surface area (Å²) in [6.45, 7) is 3.60. The van der Waals surface area contributed by atoms with Crippen LogP contribution in [0.25, 0.3) is 10.9 Å². The maximum Gasteiger partial charge on any atom is 0.298 e. The first-order valence-corrected chi connectivity index (χ1v) is 11.4. The van der Waals surface area contributed by atoms with Crippen LogP contribution in [0, 0.1) is 12.7 Å². The van der Waals surface area contributed by atoms with Gasteiger partial charge in [0.25, 0.3) is 5.92 Å². The number of morpholine rings is 1. The van der Waals surface area contributed by atoms with Gasteiger partial charge in [0.15, 0.2) is 5.82 Å². The molecule has 2 unspecified atom stereocenters. The lowest BCUT2D eigenvalue weighted by Crippen LogP contribution is -2.64. The zero-order valence-electron chi connectivity index (χ0n) is 19.6. The van der Waals surface area contributed by atoms with E-state index in [-0.39, 0.29) is 23.5 Å². The molecule has 8 nitrogen and oxygen atoms in total. The summed E-state index contributed by atoms with van der Waals surface area (Å²) in [5.74, 6) is -4.28. The average Bonchev–Trinajstić information content (AvgIpc) is 2.82. The van der Waals surface area contributed by atoms with Crippen LogP contribution >= 0.6 is 0 Å². The van der Waals surface area contributed by atoms with E-state index in [9.17, 15) is 13.9 Å². The second-order valence-electron chi connectivity index (χ2n) is 9.06. The quantitative estimate of drug-likeness (QED) is 0.513. The molecule has 1 aromatic carbocycles. The first-order valence-electron chi connectivity index (χ1n) is 11.4. The topological polar surface area (TPSA) is 92.6 Å². The van der Waals surface area contributed by atoms with Crippen molar-refractivity contribution in [3.8, 4) is 5.88 Å². The Kier molecular flexibility index (Phi) is 5.92. The van der Waals surface area contributed by atoms with Crippen LogP contribution in [0.2, 0.25) is 0 Å². The third kappa shape index (κ3) is 4.02. The van der Waals surface area contributed by atoms with Crippen molar-refractivity contribution in [1.29, 1.82) is 0 Å². The third-order valence-electron chi connectivity index (χ3n) is 6.68. The summed E-state index contributed by atoms with van der Waals surface area (Å²) in [5, 5.41) is 22.7. The Bertz CT molecular complexity index is 1260. The van der Waals surface area contributed by atoms with E-state index in [4.69, 9.17) is 4.74 Å². The van der Waals surface area contributed by atoms with Crippen LogP contribution in [-0.2, 0) is 15.4 Å². The Labute approximate surface area is 200 Å². The highest BCUT2D eigenvalue weighted by atomic mass is 19.3. The van der Waals surface area contributed by atoms with E-state index >= 15 is 4.39 Å². The lowest BCUT2D eigenvalue weighted by Gasteiger charge is -2.53. The highest BCUT2D eigenvalue weighted by Crippen LogP contribution is 2.42. The van der Waals surface area contributed by atoms with Gasteiger partial charge in [-0.15, -0.1) is 5.10 Å². The molecule has 11 heteroatoms. The standard InChI is InChI=1S/C24H26F3N5O3/c1-12(16-5-4-6-18(20(16)25)24(26,27)11-34-3)28-22-17-8-19(32-14-7-15(32)10-35-9-14)23(33)29-21(17)13(2)30-31-22/h4-6,8,12,14-15H,7,9-11H2,1-3H3,(H,28,31)(H,29,33)/t12-,14?,15?/m1/s1. The van der Waals surface area contributed by atoms with Gasteiger partial charge in [-0.05, 0) is 32.4 Å². The lowest BCUT2D eigenvalue weighted by atomic mass is 9.90. The summed E-state index contributed by atoms with van der Waals surface area (Å²) in [4.78, 5) is 6.47. The molecule has 186 valence electrons. The lowest BCUT2D eigenvalue weighted by molar-refractivity contribution is -0.0722. The largest absolute Gasteiger partial charge is 0.492 e. The van der Waals surface area contributed by atoms with Gasteiger partial charge >= 0.3 is 0 Å². The van der Waals surface area contributed by atoms with Gasteiger partial charge in [-0.3, -0.25) is 0 Å². The fraction of sp³-hybridized carbons (Fsp3) is 0.458. The molecule has 0 amide bonds. The first kappa shape index (κ1) is 23.6. The third-order valence-corrected chi connectivity index (χ3v) is 6.68. The van der Waals surface area contributed by atoms with Crippen LogP contribution in [0.1, 0.15) is 36.2 Å². The SMILES string of the molecule is COCC(F)(F)c1cccc([C@@H](C)Nc2nnc(C)c3nc(O)c(N4C5COCC4C5)cc23)c1F. The minimum Gasteiger partial charge on any atom is -0.492 e. The number of halogens is 3. The number of aryl methyl sites for hydroxylation is 1. The van der Waals surface area contributed by atoms with Crippen LogP contribution in [0.4, 0.5) is 24.7 Å². The Balaban J connectivity index is 1.51. The number of aromatic hydroxyl groups is 1. The summed E-state index contributed by atoms with van der Waals surface area (Å²) in [7, 11) is 1.14.